The van der Waals surface area contributed by atoms with Gasteiger partial charge in [-0.2, -0.15) is 0 Å². The maximum absolute atomic E-state index is 12.3. The Morgan fingerprint density at radius 1 is 0.966 bits per heavy atom. The van der Waals surface area contributed by atoms with Gasteiger partial charge in [-0.3, -0.25) is 4.79 Å². The van der Waals surface area contributed by atoms with Gasteiger partial charge in [-0.05, 0) is 11.6 Å². The number of carbonyl (C=O) groups excluding carboxylic acids is 1. The fourth-order valence-corrected chi connectivity index (χ4v) is 3.57. The minimum absolute atomic E-state index is 0.130. The number of benzene rings is 2. The summed E-state index contributed by atoms with van der Waals surface area (Å²) in [4.78, 5) is 21.1. The summed E-state index contributed by atoms with van der Waals surface area (Å²) >= 11 is 1.54. The summed E-state index contributed by atoms with van der Waals surface area (Å²) < 4.78 is 5.66. The van der Waals surface area contributed by atoms with E-state index in [-0.39, 0.29) is 12.3 Å². The zero-order valence-electron chi connectivity index (χ0n) is 15.6. The molecule has 0 aliphatic heterocycles. The standard InChI is InChI=1S/C23H19N3O2S/c27-21(13-20-16-29-23(26-20)18-9-5-2-6-10-18)25-19-11-12-22(24-14-19)28-15-17-7-3-1-4-8-17/h1-12,14,16H,13,15H2,(H,25,27). The average molecular weight is 401 g/mol. The summed E-state index contributed by atoms with van der Waals surface area (Å²) in [6.07, 6.45) is 1.81. The molecule has 2 heterocycles. The van der Waals surface area contributed by atoms with Crippen molar-refractivity contribution in [3.63, 3.8) is 0 Å². The van der Waals surface area contributed by atoms with Gasteiger partial charge < -0.3 is 10.1 Å². The molecule has 0 saturated heterocycles. The van der Waals surface area contributed by atoms with Crippen LogP contribution >= 0.6 is 11.3 Å². The molecule has 144 valence electrons. The highest BCUT2D eigenvalue weighted by atomic mass is 32.1. The number of pyridine rings is 1. The van der Waals surface area contributed by atoms with Crippen molar-refractivity contribution in [2.45, 2.75) is 13.0 Å². The Morgan fingerprint density at radius 2 is 1.72 bits per heavy atom. The monoisotopic (exact) mass is 401 g/mol. The van der Waals surface area contributed by atoms with Gasteiger partial charge in [0.15, 0.2) is 0 Å². The van der Waals surface area contributed by atoms with Gasteiger partial charge in [-0.15, -0.1) is 11.3 Å². The molecular weight excluding hydrogens is 382 g/mol. The second-order valence-electron chi connectivity index (χ2n) is 6.39. The normalized spacial score (nSPS) is 10.5. The Morgan fingerprint density at radius 3 is 2.45 bits per heavy atom. The largest absolute Gasteiger partial charge is 0.473 e. The summed E-state index contributed by atoms with van der Waals surface area (Å²) in [5.74, 6) is 0.383. The van der Waals surface area contributed by atoms with Gasteiger partial charge in [0, 0.05) is 17.0 Å². The number of carbonyl (C=O) groups is 1. The molecule has 29 heavy (non-hydrogen) atoms. The summed E-state index contributed by atoms with van der Waals surface area (Å²) in [6, 6.07) is 23.4. The number of anilines is 1. The molecule has 0 radical (unpaired) electrons. The molecule has 2 aromatic heterocycles. The maximum atomic E-state index is 12.3. The van der Waals surface area contributed by atoms with Crippen molar-refractivity contribution in [1.29, 1.82) is 0 Å². The zero-order chi connectivity index (χ0) is 19.9. The molecule has 0 atom stereocenters. The fourth-order valence-electron chi connectivity index (χ4n) is 2.74. The molecule has 0 unspecified atom stereocenters. The van der Waals surface area contributed by atoms with Crippen LogP contribution in [0.5, 0.6) is 5.88 Å². The van der Waals surface area contributed by atoms with E-state index < -0.39 is 0 Å². The van der Waals surface area contributed by atoms with E-state index in [1.165, 1.54) is 11.3 Å². The lowest BCUT2D eigenvalue weighted by Crippen LogP contribution is -2.14. The van der Waals surface area contributed by atoms with Crippen LogP contribution in [0.4, 0.5) is 5.69 Å². The Hall–Kier alpha value is -3.51. The van der Waals surface area contributed by atoms with Crippen LogP contribution in [-0.2, 0) is 17.8 Å². The number of aromatic nitrogens is 2. The first kappa shape index (κ1) is 18.8. The highest BCUT2D eigenvalue weighted by Gasteiger charge is 2.10. The third-order valence-electron chi connectivity index (χ3n) is 4.16. The lowest BCUT2D eigenvalue weighted by molar-refractivity contribution is -0.115. The molecule has 0 aliphatic carbocycles. The molecule has 6 heteroatoms. The van der Waals surface area contributed by atoms with Crippen molar-refractivity contribution >= 4 is 22.9 Å². The first-order valence-corrected chi connectivity index (χ1v) is 10.1. The van der Waals surface area contributed by atoms with Crippen LogP contribution < -0.4 is 10.1 Å². The quantitative estimate of drug-likeness (QED) is 0.475. The highest BCUT2D eigenvalue weighted by molar-refractivity contribution is 7.13. The van der Waals surface area contributed by atoms with E-state index in [1.54, 1.807) is 18.3 Å². The van der Waals surface area contributed by atoms with Gasteiger partial charge in [-0.25, -0.2) is 9.97 Å². The van der Waals surface area contributed by atoms with Crippen LogP contribution in [-0.4, -0.2) is 15.9 Å². The van der Waals surface area contributed by atoms with Crippen LogP contribution in [0.25, 0.3) is 10.6 Å². The molecule has 4 aromatic rings. The first-order valence-electron chi connectivity index (χ1n) is 9.19. The number of rotatable bonds is 7. The second kappa shape index (κ2) is 9.12. The van der Waals surface area contributed by atoms with Crippen LogP contribution in [0.15, 0.2) is 84.4 Å². The van der Waals surface area contributed by atoms with Crippen molar-refractivity contribution in [3.05, 3.63) is 95.6 Å². The summed E-state index contributed by atoms with van der Waals surface area (Å²) in [5.41, 5.74) is 3.51. The molecular formula is C23H19N3O2S. The molecule has 1 amide bonds. The van der Waals surface area contributed by atoms with Crippen molar-refractivity contribution < 1.29 is 9.53 Å². The predicted molar refractivity (Wildman–Crippen MR) is 115 cm³/mol. The summed E-state index contributed by atoms with van der Waals surface area (Å²) in [6.45, 7) is 0.452. The number of ether oxygens (including phenoxy) is 1. The Balaban J connectivity index is 1.30. The van der Waals surface area contributed by atoms with Gasteiger partial charge in [0.2, 0.25) is 11.8 Å². The van der Waals surface area contributed by atoms with E-state index in [0.717, 1.165) is 21.8 Å². The number of amides is 1. The molecule has 0 saturated carbocycles. The van der Waals surface area contributed by atoms with Gasteiger partial charge in [0.05, 0.1) is 24.0 Å². The Kier molecular flexibility index (Phi) is 5.92. The summed E-state index contributed by atoms with van der Waals surface area (Å²) in [7, 11) is 0. The van der Waals surface area contributed by atoms with Gasteiger partial charge >= 0.3 is 0 Å². The van der Waals surface area contributed by atoms with Crippen molar-refractivity contribution in [1.82, 2.24) is 9.97 Å². The van der Waals surface area contributed by atoms with E-state index in [2.05, 4.69) is 15.3 Å². The lowest BCUT2D eigenvalue weighted by atomic mass is 10.2. The molecule has 0 bridgehead atoms. The minimum Gasteiger partial charge on any atom is -0.473 e. The van der Waals surface area contributed by atoms with E-state index in [1.807, 2.05) is 66.0 Å². The van der Waals surface area contributed by atoms with Crippen LogP contribution in [0.1, 0.15) is 11.3 Å². The van der Waals surface area contributed by atoms with E-state index in [4.69, 9.17) is 4.74 Å². The predicted octanol–water partition coefficient (Wildman–Crippen LogP) is 4.97. The molecule has 4 rings (SSSR count). The number of hydrogen-bond donors (Lipinski definition) is 1. The van der Waals surface area contributed by atoms with E-state index in [9.17, 15) is 4.79 Å². The van der Waals surface area contributed by atoms with E-state index in [0.29, 0.717) is 18.2 Å². The fraction of sp³-hybridized carbons (Fsp3) is 0.0870. The number of nitrogens with zero attached hydrogens (tertiary/aromatic N) is 2. The van der Waals surface area contributed by atoms with Gasteiger partial charge in [0.25, 0.3) is 0 Å². The number of thiazole rings is 1. The lowest BCUT2D eigenvalue weighted by Gasteiger charge is -2.07. The topological polar surface area (TPSA) is 64.1 Å². The molecule has 0 aliphatic rings. The van der Waals surface area contributed by atoms with Crippen LogP contribution in [0.2, 0.25) is 0 Å². The second-order valence-corrected chi connectivity index (χ2v) is 7.25. The zero-order valence-corrected chi connectivity index (χ0v) is 16.4. The highest BCUT2D eigenvalue weighted by Crippen LogP contribution is 2.23. The summed E-state index contributed by atoms with van der Waals surface area (Å²) in [5, 5.41) is 5.68. The van der Waals surface area contributed by atoms with Gasteiger partial charge in [0.1, 0.15) is 11.6 Å². The van der Waals surface area contributed by atoms with Crippen LogP contribution in [0, 0.1) is 0 Å². The van der Waals surface area contributed by atoms with Gasteiger partial charge in [-0.1, -0.05) is 60.7 Å². The Labute approximate surface area is 173 Å². The molecule has 0 fully saturated rings. The molecule has 2 aromatic carbocycles. The molecule has 5 nitrogen and oxygen atoms in total. The third kappa shape index (κ3) is 5.27. The molecule has 1 N–H and O–H groups in total. The van der Waals surface area contributed by atoms with Crippen molar-refractivity contribution in [2.75, 3.05) is 5.32 Å². The number of hydrogen-bond acceptors (Lipinski definition) is 5. The third-order valence-corrected chi connectivity index (χ3v) is 5.10. The maximum Gasteiger partial charge on any atom is 0.230 e. The van der Waals surface area contributed by atoms with Crippen LogP contribution in [0.3, 0.4) is 0 Å². The average Bonchev–Trinajstić information content (AvgIpc) is 3.23. The van der Waals surface area contributed by atoms with E-state index >= 15 is 0 Å². The molecule has 0 spiro atoms. The smallest absolute Gasteiger partial charge is 0.230 e. The minimum atomic E-state index is -0.130. The number of nitrogens with one attached hydrogen (secondary N) is 1. The van der Waals surface area contributed by atoms with Crippen molar-refractivity contribution in [3.8, 4) is 16.5 Å². The van der Waals surface area contributed by atoms with Crippen molar-refractivity contribution in [2.24, 2.45) is 0 Å². The SMILES string of the molecule is O=C(Cc1csc(-c2ccccc2)n1)Nc1ccc(OCc2ccccc2)nc1. The Bertz CT molecular complexity index is 1060. The first-order chi connectivity index (χ1) is 14.3.